The van der Waals surface area contributed by atoms with Crippen molar-refractivity contribution in [3.63, 3.8) is 0 Å². The molecule has 0 radical (unpaired) electrons. The highest BCUT2D eigenvalue weighted by molar-refractivity contribution is 5.80. The Morgan fingerprint density at radius 1 is 0.941 bits per heavy atom. The molecule has 2 atom stereocenters. The fourth-order valence-electron chi connectivity index (χ4n) is 4.51. The summed E-state index contributed by atoms with van der Waals surface area (Å²) >= 11 is 0. The van der Waals surface area contributed by atoms with Crippen LogP contribution in [0.3, 0.4) is 0 Å². The molecule has 0 saturated heterocycles. The summed E-state index contributed by atoms with van der Waals surface area (Å²) in [5.41, 5.74) is 4.60. The van der Waals surface area contributed by atoms with Gasteiger partial charge in [0.25, 0.3) is 0 Å². The number of benzene rings is 2. The average Bonchev–Trinajstić information content (AvgIpc) is 3.11. The number of rotatable bonds is 11. The highest BCUT2D eigenvalue weighted by atomic mass is 16.5. The van der Waals surface area contributed by atoms with Crippen LogP contribution in [0, 0.1) is 5.92 Å². The van der Waals surface area contributed by atoms with E-state index in [4.69, 9.17) is 9.84 Å². The van der Waals surface area contributed by atoms with Crippen LogP contribution in [0.15, 0.2) is 48.5 Å². The van der Waals surface area contributed by atoms with E-state index in [0.29, 0.717) is 6.42 Å². The number of nitrogens with one attached hydrogen (secondary N) is 2. The van der Waals surface area contributed by atoms with Crippen molar-refractivity contribution in [3.05, 3.63) is 59.7 Å². The third-order valence-corrected chi connectivity index (χ3v) is 6.28. The van der Waals surface area contributed by atoms with Crippen molar-refractivity contribution in [1.82, 2.24) is 10.6 Å². The van der Waals surface area contributed by atoms with Gasteiger partial charge in [0.2, 0.25) is 5.91 Å². The summed E-state index contributed by atoms with van der Waals surface area (Å²) in [5.74, 6) is -1.29. The maximum absolute atomic E-state index is 12.6. The van der Waals surface area contributed by atoms with Crippen LogP contribution in [0.4, 0.5) is 4.79 Å². The van der Waals surface area contributed by atoms with Crippen LogP contribution in [-0.2, 0) is 14.3 Å². The fraction of sp³-hybridized carbons (Fsp3) is 0.444. The van der Waals surface area contributed by atoms with Crippen LogP contribution in [0.5, 0.6) is 0 Å². The van der Waals surface area contributed by atoms with Crippen molar-refractivity contribution in [2.75, 3.05) is 6.61 Å². The quantitative estimate of drug-likeness (QED) is 0.445. The van der Waals surface area contributed by atoms with Crippen molar-refractivity contribution in [1.29, 1.82) is 0 Å². The second-order valence-electron chi connectivity index (χ2n) is 9.18. The summed E-state index contributed by atoms with van der Waals surface area (Å²) in [7, 11) is 0. The Kier molecular flexibility index (Phi) is 8.68. The first kappa shape index (κ1) is 25.3. The summed E-state index contributed by atoms with van der Waals surface area (Å²) in [4.78, 5) is 36.3. The molecule has 0 aliphatic heterocycles. The highest BCUT2D eigenvalue weighted by Crippen LogP contribution is 2.44. The van der Waals surface area contributed by atoms with Gasteiger partial charge >= 0.3 is 12.1 Å². The van der Waals surface area contributed by atoms with Gasteiger partial charge in [-0.05, 0) is 34.6 Å². The zero-order chi connectivity index (χ0) is 24.7. The van der Waals surface area contributed by atoms with Gasteiger partial charge in [0.1, 0.15) is 6.61 Å². The Balaban J connectivity index is 1.58. The Morgan fingerprint density at radius 3 is 2.06 bits per heavy atom. The van der Waals surface area contributed by atoms with E-state index in [1.165, 1.54) is 0 Å². The molecule has 7 nitrogen and oxygen atoms in total. The van der Waals surface area contributed by atoms with E-state index in [-0.39, 0.29) is 37.2 Å². The number of ether oxygens (including phenoxy) is 1. The molecule has 0 fully saturated rings. The molecule has 2 amide bonds. The van der Waals surface area contributed by atoms with Crippen LogP contribution in [0.1, 0.15) is 63.5 Å². The molecule has 0 bridgehead atoms. The lowest BCUT2D eigenvalue weighted by molar-refractivity contribution is -0.138. The average molecular weight is 467 g/mol. The van der Waals surface area contributed by atoms with Gasteiger partial charge in [-0.3, -0.25) is 9.59 Å². The number of aliphatic carboxylic acids is 1. The predicted octanol–water partition coefficient (Wildman–Crippen LogP) is 4.70. The number of alkyl carbamates (subject to hydrolysis) is 1. The first-order valence-corrected chi connectivity index (χ1v) is 11.9. The molecule has 34 heavy (non-hydrogen) atoms. The summed E-state index contributed by atoms with van der Waals surface area (Å²) in [6.45, 7) is 5.92. The van der Waals surface area contributed by atoms with Crippen molar-refractivity contribution < 1.29 is 24.2 Å². The molecule has 0 aromatic heterocycles. The standard InChI is InChI=1S/C27H34N2O5/c1-4-9-18(14-25(30)29-24(17(2)3)15-26(31)32)28-27(33)34-16-23-21-12-7-5-10-19(21)20-11-6-8-13-22(20)23/h5-8,10-13,17-18,23-24H,4,9,14-16H2,1-3H3,(H,28,33)(H,29,30)(H,31,32)/t18-,24?/m1/s1. The van der Waals surface area contributed by atoms with Gasteiger partial charge in [-0.25, -0.2) is 4.79 Å². The molecule has 0 heterocycles. The van der Waals surface area contributed by atoms with E-state index in [1.54, 1.807) is 0 Å². The highest BCUT2D eigenvalue weighted by Gasteiger charge is 2.29. The molecule has 1 aliphatic rings. The van der Waals surface area contributed by atoms with Gasteiger partial charge in [0.05, 0.1) is 6.42 Å². The van der Waals surface area contributed by atoms with Gasteiger partial charge in [-0.15, -0.1) is 0 Å². The number of hydrogen-bond acceptors (Lipinski definition) is 4. The SMILES string of the molecule is CCC[C@H](CC(=O)NC(CC(=O)O)C(C)C)NC(=O)OCC1c2ccccc2-c2ccccc21. The van der Waals surface area contributed by atoms with E-state index in [9.17, 15) is 14.4 Å². The lowest BCUT2D eigenvalue weighted by Crippen LogP contribution is -2.44. The number of carbonyl (C=O) groups is 3. The van der Waals surface area contributed by atoms with Crippen LogP contribution < -0.4 is 10.6 Å². The second-order valence-corrected chi connectivity index (χ2v) is 9.18. The van der Waals surface area contributed by atoms with Crippen LogP contribution >= 0.6 is 0 Å². The molecule has 0 spiro atoms. The third-order valence-electron chi connectivity index (χ3n) is 6.28. The van der Waals surface area contributed by atoms with Gasteiger partial charge < -0.3 is 20.5 Å². The van der Waals surface area contributed by atoms with Gasteiger partial charge in [0, 0.05) is 24.4 Å². The third kappa shape index (κ3) is 6.37. The Labute approximate surface area is 200 Å². The molecular weight excluding hydrogens is 432 g/mol. The number of hydrogen-bond donors (Lipinski definition) is 3. The lowest BCUT2D eigenvalue weighted by atomic mass is 9.98. The molecule has 7 heteroatoms. The summed E-state index contributed by atoms with van der Waals surface area (Å²) < 4.78 is 5.61. The lowest BCUT2D eigenvalue weighted by Gasteiger charge is -2.23. The molecule has 0 saturated carbocycles. The van der Waals surface area contributed by atoms with E-state index >= 15 is 0 Å². The fourth-order valence-corrected chi connectivity index (χ4v) is 4.51. The van der Waals surface area contributed by atoms with E-state index in [2.05, 4.69) is 34.9 Å². The first-order chi connectivity index (χ1) is 16.3. The van der Waals surface area contributed by atoms with Crippen LogP contribution in [0.2, 0.25) is 0 Å². The number of amides is 2. The summed E-state index contributed by atoms with van der Waals surface area (Å²) in [5, 5.41) is 14.7. The maximum Gasteiger partial charge on any atom is 0.407 e. The summed E-state index contributed by atoms with van der Waals surface area (Å²) in [6.07, 6.45) is 0.773. The zero-order valence-corrected chi connectivity index (χ0v) is 20.0. The minimum absolute atomic E-state index is 0.0141. The molecule has 1 aliphatic carbocycles. The van der Waals surface area contributed by atoms with Gasteiger partial charge in [-0.1, -0.05) is 75.7 Å². The van der Waals surface area contributed by atoms with Crippen LogP contribution in [-0.4, -0.2) is 41.8 Å². The molecule has 3 N–H and O–H groups in total. The molecule has 1 unspecified atom stereocenters. The van der Waals surface area contributed by atoms with Crippen molar-refractivity contribution in [3.8, 4) is 11.1 Å². The van der Waals surface area contributed by atoms with Gasteiger partial charge in [0.15, 0.2) is 0 Å². The van der Waals surface area contributed by atoms with E-state index in [0.717, 1.165) is 28.7 Å². The monoisotopic (exact) mass is 466 g/mol. The maximum atomic E-state index is 12.6. The Bertz CT molecular complexity index is 974. The predicted molar refractivity (Wildman–Crippen MR) is 131 cm³/mol. The number of carbonyl (C=O) groups excluding carboxylic acids is 2. The zero-order valence-electron chi connectivity index (χ0n) is 20.0. The van der Waals surface area contributed by atoms with Crippen molar-refractivity contribution in [2.45, 2.75) is 64.5 Å². The number of fused-ring (bicyclic) bond motifs is 3. The smallest absolute Gasteiger partial charge is 0.407 e. The minimum Gasteiger partial charge on any atom is -0.481 e. The molecule has 3 rings (SSSR count). The van der Waals surface area contributed by atoms with E-state index < -0.39 is 24.1 Å². The van der Waals surface area contributed by atoms with E-state index in [1.807, 2.05) is 45.0 Å². The normalized spacial score (nSPS) is 14.1. The molecule has 2 aromatic carbocycles. The van der Waals surface area contributed by atoms with Crippen molar-refractivity contribution in [2.24, 2.45) is 5.92 Å². The molecule has 182 valence electrons. The molecular formula is C27H34N2O5. The number of carboxylic acid groups (broad SMARTS) is 1. The first-order valence-electron chi connectivity index (χ1n) is 11.9. The number of carboxylic acids is 1. The minimum atomic E-state index is -0.958. The molecule has 2 aromatic rings. The van der Waals surface area contributed by atoms with Crippen LogP contribution in [0.25, 0.3) is 11.1 Å². The Morgan fingerprint density at radius 2 is 1.53 bits per heavy atom. The largest absolute Gasteiger partial charge is 0.481 e. The van der Waals surface area contributed by atoms with Crippen molar-refractivity contribution >= 4 is 18.0 Å². The summed E-state index contributed by atoms with van der Waals surface area (Å²) in [6, 6.07) is 15.4. The Hall–Kier alpha value is -3.35. The van der Waals surface area contributed by atoms with Gasteiger partial charge in [-0.2, -0.15) is 0 Å². The topological polar surface area (TPSA) is 105 Å². The second kappa shape index (κ2) is 11.7.